The second-order valence-corrected chi connectivity index (χ2v) is 4.02. The Labute approximate surface area is 96.6 Å². The first-order valence-electron chi connectivity index (χ1n) is 5.70. The molecule has 0 aromatic heterocycles. The first-order chi connectivity index (χ1) is 7.63. The molecule has 90 valence electrons. The number of methoxy groups -OCH3 is 1. The molecular formula is C13H20FNO. The summed E-state index contributed by atoms with van der Waals surface area (Å²) in [6, 6.07) is 3.37. The summed E-state index contributed by atoms with van der Waals surface area (Å²) in [7, 11) is 1.57. The van der Waals surface area contributed by atoms with Gasteiger partial charge in [-0.1, -0.05) is 13.8 Å². The summed E-state index contributed by atoms with van der Waals surface area (Å²) in [5, 5.41) is 0. The number of halogens is 1. The van der Waals surface area contributed by atoms with Gasteiger partial charge in [-0.3, -0.25) is 0 Å². The van der Waals surface area contributed by atoms with Crippen LogP contribution in [0.3, 0.4) is 0 Å². The minimum absolute atomic E-state index is 0.192. The molecule has 1 atom stereocenters. The molecule has 2 N–H and O–H groups in total. The van der Waals surface area contributed by atoms with E-state index < -0.39 is 0 Å². The lowest BCUT2D eigenvalue weighted by molar-refractivity contribution is 0.401. The monoisotopic (exact) mass is 225 g/mol. The zero-order chi connectivity index (χ0) is 12.1. The van der Waals surface area contributed by atoms with Crippen LogP contribution in [0.5, 0.6) is 5.75 Å². The number of benzene rings is 1. The van der Waals surface area contributed by atoms with Crippen molar-refractivity contribution in [2.24, 2.45) is 5.73 Å². The third-order valence-corrected chi connectivity index (χ3v) is 2.91. The Kier molecular flexibility index (Phi) is 4.74. The average Bonchev–Trinajstić information content (AvgIpc) is 2.28. The summed E-state index contributed by atoms with van der Waals surface area (Å²) in [5.41, 5.74) is 7.33. The van der Waals surface area contributed by atoms with Crippen LogP contribution in [0.4, 0.5) is 4.39 Å². The van der Waals surface area contributed by atoms with Gasteiger partial charge in [-0.2, -0.15) is 0 Å². The summed E-state index contributed by atoms with van der Waals surface area (Å²) >= 11 is 0. The van der Waals surface area contributed by atoms with Crippen molar-refractivity contribution in [1.82, 2.24) is 0 Å². The molecule has 1 aromatic carbocycles. The van der Waals surface area contributed by atoms with Crippen molar-refractivity contribution in [3.05, 3.63) is 29.1 Å². The van der Waals surface area contributed by atoms with Gasteiger partial charge in [0.15, 0.2) is 0 Å². The summed E-state index contributed by atoms with van der Waals surface area (Å²) in [5.74, 6) is 0.726. The maximum absolute atomic E-state index is 13.6. The van der Waals surface area contributed by atoms with E-state index in [0.717, 1.165) is 17.5 Å². The maximum Gasteiger partial charge on any atom is 0.130 e. The zero-order valence-electron chi connectivity index (χ0n) is 10.2. The highest BCUT2D eigenvalue weighted by Gasteiger charge is 2.14. The predicted molar refractivity (Wildman–Crippen MR) is 64.4 cm³/mol. The van der Waals surface area contributed by atoms with E-state index in [4.69, 9.17) is 10.5 Å². The molecule has 1 rings (SSSR count). The SMILES string of the molecule is CCc1cc(C(C)CCN)c(OC)cc1F. The summed E-state index contributed by atoms with van der Waals surface area (Å²) in [6.45, 7) is 4.66. The maximum atomic E-state index is 13.6. The van der Waals surface area contributed by atoms with Gasteiger partial charge in [0.05, 0.1) is 7.11 Å². The van der Waals surface area contributed by atoms with E-state index in [9.17, 15) is 4.39 Å². The number of ether oxygens (including phenoxy) is 1. The van der Waals surface area contributed by atoms with Crippen LogP contribution in [0.15, 0.2) is 12.1 Å². The second-order valence-electron chi connectivity index (χ2n) is 4.02. The lowest BCUT2D eigenvalue weighted by Gasteiger charge is -2.16. The van der Waals surface area contributed by atoms with Crippen molar-refractivity contribution in [2.75, 3.05) is 13.7 Å². The zero-order valence-corrected chi connectivity index (χ0v) is 10.2. The largest absolute Gasteiger partial charge is 0.496 e. The number of rotatable bonds is 5. The van der Waals surface area contributed by atoms with Gasteiger partial charge in [-0.05, 0) is 42.5 Å². The van der Waals surface area contributed by atoms with Gasteiger partial charge in [-0.15, -0.1) is 0 Å². The third-order valence-electron chi connectivity index (χ3n) is 2.91. The molecule has 0 radical (unpaired) electrons. The van der Waals surface area contributed by atoms with E-state index in [1.165, 1.54) is 6.07 Å². The molecule has 0 amide bonds. The van der Waals surface area contributed by atoms with Crippen LogP contribution < -0.4 is 10.5 Å². The second kappa shape index (κ2) is 5.85. The van der Waals surface area contributed by atoms with Crippen LogP contribution >= 0.6 is 0 Å². The molecule has 2 nitrogen and oxygen atoms in total. The molecule has 0 aliphatic carbocycles. The van der Waals surface area contributed by atoms with E-state index in [2.05, 4.69) is 6.92 Å². The fraction of sp³-hybridized carbons (Fsp3) is 0.538. The Bertz CT molecular complexity index is 352. The van der Waals surface area contributed by atoms with Crippen LogP contribution in [0.2, 0.25) is 0 Å². The number of hydrogen-bond acceptors (Lipinski definition) is 2. The Hall–Kier alpha value is -1.09. The predicted octanol–water partition coefficient (Wildman–Crippen LogP) is 2.85. The van der Waals surface area contributed by atoms with Crippen LogP contribution in [0.25, 0.3) is 0 Å². The Morgan fingerprint density at radius 2 is 2.12 bits per heavy atom. The van der Waals surface area contributed by atoms with Crippen molar-refractivity contribution in [2.45, 2.75) is 32.6 Å². The van der Waals surface area contributed by atoms with E-state index >= 15 is 0 Å². The van der Waals surface area contributed by atoms with Crippen LogP contribution in [0.1, 0.15) is 37.3 Å². The molecule has 0 fully saturated rings. The van der Waals surface area contributed by atoms with Crippen molar-refractivity contribution >= 4 is 0 Å². The molecule has 0 spiro atoms. The summed E-state index contributed by atoms with van der Waals surface area (Å²) in [4.78, 5) is 0. The van der Waals surface area contributed by atoms with Gasteiger partial charge in [0, 0.05) is 6.07 Å². The molecule has 16 heavy (non-hydrogen) atoms. The van der Waals surface area contributed by atoms with Gasteiger partial charge < -0.3 is 10.5 Å². The number of hydrogen-bond donors (Lipinski definition) is 1. The molecule has 3 heteroatoms. The lowest BCUT2D eigenvalue weighted by Crippen LogP contribution is -2.07. The molecule has 0 aliphatic rings. The standard InChI is InChI=1S/C13H20FNO/c1-4-10-7-11(9(2)5-6-15)13(16-3)8-12(10)14/h7-9H,4-6,15H2,1-3H3. The van der Waals surface area contributed by atoms with Gasteiger partial charge >= 0.3 is 0 Å². The van der Waals surface area contributed by atoms with Crippen molar-refractivity contribution < 1.29 is 9.13 Å². The average molecular weight is 225 g/mol. The smallest absolute Gasteiger partial charge is 0.130 e. The van der Waals surface area contributed by atoms with Crippen LogP contribution in [-0.4, -0.2) is 13.7 Å². The number of nitrogens with two attached hydrogens (primary N) is 1. The van der Waals surface area contributed by atoms with E-state index in [-0.39, 0.29) is 5.82 Å². The Morgan fingerprint density at radius 3 is 2.62 bits per heavy atom. The highest BCUT2D eigenvalue weighted by atomic mass is 19.1. The first kappa shape index (κ1) is 13.0. The molecule has 0 bridgehead atoms. The quantitative estimate of drug-likeness (QED) is 0.836. The summed E-state index contributed by atoms with van der Waals surface area (Å²) < 4.78 is 18.8. The molecule has 0 saturated heterocycles. The van der Waals surface area contributed by atoms with E-state index in [0.29, 0.717) is 24.6 Å². The van der Waals surface area contributed by atoms with Crippen LogP contribution in [-0.2, 0) is 6.42 Å². The lowest BCUT2D eigenvalue weighted by atomic mass is 9.94. The Balaban J connectivity index is 3.13. The molecule has 0 saturated carbocycles. The molecule has 1 unspecified atom stereocenters. The topological polar surface area (TPSA) is 35.2 Å². The minimum atomic E-state index is -0.192. The summed E-state index contributed by atoms with van der Waals surface area (Å²) in [6.07, 6.45) is 1.57. The fourth-order valence-electron chi connectivity index (χ4n) is 1.86. The minimum Gasteiger partial charge on any atom is -0.496 e. The third kappa shape index (κ3) is 2.73. The molecule has 1 aromatic rings. The highest BCUT2D eigenvalue weighted by molar-refractivity contribution is 5.40. The molecule has 0 heterocycles. The van der Waals surface area contributed by atoms with Crippen molar-refractivity contribution in [1.29, 1.82) is 0 Å². The first-order valence-corrected chi connectivity index (χ1v) is 5.70. The van der Waals surface area contributed by atoms with E-state index in [1.807, 2.05) is 13.0 Å². The van der Waals surface area contributed by atoms with Crippen molar-refractivity contribution in [3.8, 4) is 5.75 Å². The van der Waals surface area contributed by atoms with E-state index in [1.54, 1.807) is 7.11 Å². The van der Waals surface area contributed by atoms with Gasteiger partial charge in [0.1, 0.15) is 11.6 Å². The van der Waals surface area contributed by atoms with Gasteiger partial charge in [0.25, 0.3) is 0 Å². The van der Waals surface area contributed by atoms with Crippen LogP contribution in [0, 0.1) is 5.82 Å². The Morgan fingerprint density at radius 1 is 1.44 bits per heavy atom. The molecule has 0 aliphatic heterocycles. The van der Waals surface area contributed by atoms with Crippen molar-refractivity contribution in [3.63, 3.8) is 0 Å². The highest BCUT2D eigenvalue weighted by Crippen LogP contribution is 2.31. The number of aryl methyl sites for hydroxylation is 1. The van der Waals surface area contributed by atoms with Gasteiger partial charge in [0.2, 0.25) is 0 Å². The van der Waals surface area contributed by atoms with Gasteiger partial charge in [-0.25, -0.2) is 4.39 Å². The normalized spacial score (nSPS) is 12.6. The molecular weight excluding hydrogens is 205 g/mol. The fourth-order valence-corrected chi connectivity index (χ4v) is 1.86.